The van der Waals surface area contributed by atoms with Gasteiger partial charge in [0.15, 0.2) is 11.4 Å². The Morgan fingerprint density at radius 3 is 2.42 bits per heavy atom. The molecule has 0 saturated heterocycles. The molecule has 0 unspecified atom stereocenters. The van der Waals surface area contributed by atoms with E-state index in [1.54, 1.807) is 17.7 Å². The fourth-order valence-electron chi connectivity index (χ4n) is 4.18. The molecule has 1 fully saturated rings. The lowest BCUT2D eigenvalue weighted by Gasteiger charge is -2.38. The molecule has 1 amide bonds. The number of rotatable bonds is 5. The van der Waals surface area contributed by atoms with Gasteiger partial charge in [0.25, 0.3) is 0 Å². The summed E-state index contributed by atoms with van der Waals surface area (Å²) in [5.41, 5.74) is 11.3. The molecule has 2 aromatic carbocycles. The van der Waals surface area contributed by atoms with Crippen molar-refractivity contribution in [2.75, 3.05) is 14.2 Å². The van der Waals surface area contributed by atoms with Crippen LogP contribution >= 0.6 is 0 Å². The second-order valence-corrected chi connectivity index (χ2v) is 8.19. The van der Waals surface area contributed by atoms with Gasteiger partial charge in [-0.2, -0.15) is 0 Å². The standard InChI is InChI=1S/C25H25N5O3/c1-27-24(31)33-20-15-19(32-2)23-28-21(22(30(23)29-20)17-7-4-3-5-8-17)16-9-11-18(12-10-16)25(26)13-6-14-25/h3-5,7-12,15H,6,13-14,26H2,1-2H3,(H,27,31). The third-order valence-corrected chi connectivity index (χ3v) is 6.18. The zero-order chi connectivity index (χ0) is 23.0. The first-order valence-electron chi connectivity index (χ1n) is 10.8. The number of aromatic nitrogens is 3. The van der Waals surface area contributed by atoms with Crippen LogP contribution in [-0.4, -0.2) is 34.8 Å². The maximum Gasteiger partial charge on any atom is 0.413 e. The van der Waals surface area contributed by atoms with Gasteiger partial charge in [-0.05, 0) is 24.8 Å². The molecule has 168 valence electrons. The summed E-state index contributed by atoms with van der Waals surface area (Å²) in [5.74, 6) is 0.546. The van der Waals surface area contributed by atoms with Crippen LogP contribution in [0.2, 0.25) is 0 Å². The van der Waals surface area contributed by atoms with Crippen LogP contribution in [0.4, 0.5) is 4.79 Å². The number of fused-ring (bicyclic) bond motifs is 1. The van der Waals surface area contributed by atoms with Crippen molar-refractivity contribution in [1.82, 2.24) is 19.9 Å². The van der Waals surface area contributed by atoms with Gasteiger partial charge in [0, 0.05) is 29.8 Å². The van der Waals surface area contributed by atoms with Crippen LogP contribution in [0.1, 0.15) is 24.8 Å². The van der Waals surface area contributed by atoms with Crippen molar-refractivity contribution in [2.45, 2.75) is 24.8 Å². The van der Waals surface area contributed by atoms with Crippen LogP contribution in [-0.2, 0) is 5.54 Å². The molecule has 1 saturated carbocycles. The second-order valence-electron chi connectivity index (χ2n) is 8.19. The van der Waals surface area contributed by atoms with Crippen molar-refractivity contribution in [1.29, 1.82) is 0 Å². The van der Waals surface area contributed by atoms with Gasteiger partial charge in [-0.25, -0.2) is 14.3 Å². The maximum absolute atomic E-state index is 11.8. The number of carbonyl (C=O) groups is 1. The normalized spacial score (nSPS) is 14.5. The zero-order valence-corrected chi connectivity index (χ0v) is 18.5. The number of nitrogens with two attached hydrogens (primary N) is 1. The monoisotopic (exact) mass is 443 g/mol. The number of nitrogens with zero attached hydrogens (tertiary/aromatic N) is 3. The molecule has 3 N–H and O–H groups in total. The van der Waals surface area contributed by atoms with Crippen LogP contribution in [0.3, 0.4) is 0 Å². The maximum atomic E-state index is 11.8. The third kappa shape index (κ3) is 3.68. The lowest BCUT2D eigenvalue weighted by molar-refractivity contribution is 0.200. The van der Waals surface area contributed by atoms with E-state index in [-0.39, 0.29) is 11.4 Å². The molecule has 8 heteroatoms. The van der Waals surface area contributed by atoms with Gasteiger partial charge in [0.05, 0.1) is 12.8 Å². The summed E-state index contributed by atoms with van der Waals surface area (Å²) in [5, 5.41) is 6.97. The Morgan fingerprint density at radius 1 is 1.09 bits per heavy atom. The average molecular weight is 444 g/mol. The third-order valence-electron chi connectivity index (χ3n) is 6.18. The number of ether oxygens (including phenoxy) is 2. The minimum Gasteiger partial charge on any atom is -0.493 e. The van der Waals surface area contributed by atoms with Crippen molar-refractivity contribution in [2.24, 2.45) is 5.73 Å². The predicted molar refractivity (Wildman–Crippen MR) is 125 cm³/mol. The van der Waals surface area contributed by atoms with Crippen molar-refractivity contribution in [3.63, 3.8) is 0 Å². The number of imidazole rings is 1. The van der Waals surface area contributed by atoms with Gasteiger partial charge in [-0.1, -0.05) is 54.6 Å². The highest BCUT2D eigenvalue weighted by molar-refractivity contribution is 5.83. The number of nitrogens with one attached hydrogen (secondary N) is 1. The Balaban J connectivity index is 1.70. The fraction of sp³-hybridized carbons (Fsp3) is 0.240. The molecule has 2 heterocycles. The Morgan fingerprint density at radius 2 is 1.82 bits per heavy atom. The summed E-state index contributed by atoms with van der Waals surface area (Å²) >= 11 is 0. The smallest absolute Gasteiger partial charge is 0.413 e. The highest BCUT2D eigenvalue weighted by Crippen LogP contribution is 2.40. The van der Waals surface area contributed by atoms with Gasteiger partial charge in [-0.15, -0.1) is 5.10 Å². The summed E-state index contributed by atoms with van der Waals surface area (Å²) in [6.45, 7) is 0. The fourth-order valence-corrected chi connectivity index (χ4v) is 4.18. The van der Waals surface area contributed by atoms with Crippen LogP contribution in [0.15, 0.2) is 60.7 Å². The Hall–Kier alpha value is -3.91. The van der Waals surface area contributed by atoms with Gasteiger partial charge >= 0.3 is 6.09 Å². The highest BCUT2D eigenvalue weighted by Gasteiger charge is 2.34. The highest BCUT2D eigenvalue weighted by atomic mass is 16.6. The number of methoxy groups -OCH3 is 1. The molecule has 1 aliphatic rings. The topological polar surface area (TPSA) is 104 Å². The van der Waals surface area contributed by atoms with Crippen LogP contribution in [0.5, 0.6) is 11.6 Å². The number of hydrogen-bond donors (Lipinski definition) is 2. The van der Waals surface area contributed by atoms with E-state index in [1.807, 2.05) is 42.5 Å². The number of carbonyl (C=O) groups excluding carboxylic acids is 1. The molecule has 4 aromatic rings. The van der Waals surface area contributed by atoms with E-state index in [4.69, 9.17) is 20.2 Å². The zero-order valence-electron chi connectivity index (χ0n) is 18.5. The van der Waals surface area contributed by atoms with E-state index < -0.39 is 6.09 Å². The van der Waals surface area contributed by atoms with E-state index in [9.17, 15) is 4.79 Å². The van der Waals surface area contributed by atoms with Crippen molar-refractivity contribution >= 4 is 11.7 Å². The summed E-state index contributed by atoms with van der Waals surface area (Å²) in [4.78, 5) is 16.7. The van der Waals surface area contributed by atoms with Crippen LogP contribution < -0.4 is 20.5 Å². The lowest BCUT2D eigenvalue weighted by Crippen LogP contribution is -2.43. The van der Waals surface area contributed by atoms with Gasteiger partial charge in [0.1, 0.15) is 5.69 Å². The molecule has 0 atom stereocenters. The second kappa shape index (κ2) is 8.22. The van der Waals surface area contributed by atoms with E-state index in [0.717, 1.165) is 47.3 Å². The first kappa shape index (κ1) is 21.0. The van der Waals surface area contributed by atoms with E-state index in [0.29, 0.717) is 11.4 Å². The predicted octanol–water partition coefficient (Wildman–Crippen LogP) is 4.13. The summed E-state index contributed by atoms with van der Waals surface area (Å²) < 4.78 is 12.5. The van der Waals surface area contributed by atoms with Crippen LogP contribution in [0.25, 0.3) is 28.2 Å². The molecule has 0 radical (unpaired) electrons. The Bertz CT molecular complexity index is 1310. The minimum absolute atomic E-state index is 0.102. The molecule has 1 aliphatic carbocycles. The van der Waals surface area contributed by atoms with Crippen molar-refractivity contribution in [3.8, 4) is 34.1 Å². The van der Waals surface area contributed by atoms with Crippen LogP contribution in [0, 0.1) is 0 Å². The molecule has 8 nitrogen and oxygen atoms in total. The molecular formula is C25H25N5O3. The van der Waals surface area contributed by atoms with E-state index in [1.165, 1.54) is 7.05 Å². The number of amides is 1. The summed E-state index contributed by atoms with van der Waals surface area (Å²) in [6.07, 6.45) is 2.55. The van der Waals surface area contributed by atoms with E-state index in [2.05, 4.69) is 22.5 Å². The van der Waals surface area contributed by atoms with Crippen molar-refractivity contribution in [3.05, 3.63) is 66.2 Å². The average Bonchev–Trinajstić information content (AvgIpc) is 3.22. The molecular weight excluding hydrogens is 418 g/mol. The first-order chi connectivity index (χ1) is 16.0. The largest absolute Gasteiger partial charge is 0.493 e. The Labute approximate surface area is 191 Å². The number of benzene rings is 2. The molecule has 0 bridgehead atoms. The molecule has 5 rings (SSSR count). The SMILES string of the molecule is CNC(=O)Oc1cc(OC)c2nc(-c3ccc(C4(N)CCC4)cc3)c(-c3ccccc3)n2n1. The molecule has 0 aliphatic heterocycles. The lowest BCUT2D eigenvalue weighted by atomic mass is 9.72. The molecule has 33 heavy (non-hydrogen) atoms. The molecule has 2 aromatic heterocycles. The Kier molecular flexibility index (Phi) is 5.22. The quantitative estimate of drug-likeness (QED) is 0.481. The van der Waals surface area contributed by atoms with Gasteiger partial charge < -0.3 is 20.5 Å². The van der Waals surface area contributed by atoms with Crippen molar-refractivity contribution < 1.29 is 14.3 Å². The number of hydrogen-bond acceptors (Lipinski definition) is 6. The van der Waals surface area contributed by atoms with Gasteiger partial charge in [0.2, 0.25) is 5.88 Å². The summed E-state index contributed by atoms with van der Waals surface area (Å²) in [7, 11) is 3.03. The minimum atomic E-state index is -0.618. The van der Waals surface area contributed by atoms with E-state index >= 15 is 0 Å². The first-order valence-corrected chi connectivity index (χ1v) is 10.8. The van der Waals surface area contributed by atoms with Gasteiger partial charge in [-0.3, -0.25) is 0 Å². The summed E-state index contributed by atoms with van der Waals surface area (Å²) in [6, 6.07) is 19.7. The molecule has 0 spiro atoms.